The Hall–Kier alpha value is -2.04. The van der Waals surface area contributed by atoms with Crippen molar-refractivity contribution in [3.05, 3.63) is 29.8 Å². The van der Waals surface area contributed by atoms with E-state index >= 15 is 0 Å². The molecule has 7 atom stereocenters. The van der Waals surface area contributed by atoms with Crippen LogP contribution in [-0.4, -0.2) is 42.1 Å². The molecular weight excluding hydrogens is 402 g/mol. The second-order valence-corrected chi connectivity index (χ2v) is 11.4. The normalized spacial score (nSPS) is 43.2. The van der Waals surface area contributed by atoms with Gasteiger partial charge in [0.25, 0.3) is 0 Å². The Morgan fingerprint density at radius 1 is 1.03 bits per heavy atom. The summed E-state index contributed by atoms with van der Waals surface area (Å²) in [6.45, 7) is 4.69. The number of carbonyl (C=O) groups excluding carboxylic acids is 1. The molecule has 1 heterocycles. The standard InChI is InChI=1S/C27H37NO4/c1-25-14-13-23(29)28(3)22(25)10-9-19-20(25)11-15-26(2)21(19)12-16-27(26,24(30)31)17-5-7-18(32-4)8-6-17/h5-8,19-22H,9-16H2,1-4H3,(H,30,31)/t19-,20-,21+,22?,25-,26+,27?/m1/s1. The molecule has 1 aromatic rings. The highest BCUT2D eigenvalue weighted by Gasteiger charge is 2.68. The number of carbonyl (C=O) groups is 2. The number of aliphatic carboxylic acids is 1. The molecule has 1 aromatic carbocycles. The summed E-state index contributed by atoms with van der Waals surface area (Å²) in [7, 11) is 3.63. The third-order valence-corrected chi connectivity index (χ3v) is 10.7. The summed E-state index contributed by atoms with van der Waals surface area (Å²) in [6.07, 6.45) is 7.49. The van der Waals surface area contributed by atoms with Crippen LogP contribution in [0, 0.1) is 28.6 Å². The van der Waals surface area contributed by atoms with E-state index < -0.39 is 11.4 Å². The molecule has 3 aliphatic carbocycles. The van der Waals surface area contributed by atoms with Crippen molar-refractivity contribution in [3.63, 3.8) is 0 Å². The van der Waals surface area contributed by atoms with Gasteiger partial charge in [-0.15, -0.1) is 0 Å². The number of nitrogens with zero attached hydrogens (tertiary/aromatic N) is 1. The predicted octanol–water partition coefficient (Wildman–Crippen LogP) is 4.88. The van der Waals surface area contributed by atoms with Crippen molar-refractivity contribution in [2.45, 2.75) is 76.7 Å². The maximum atomic E-state index is 13.0. The Kier molecular flexibility index (Phi) is 4.92. The third kappa shape index (κ3) is 2.63. The van der Waals surface area contributed by atoms with Crippen molar-refractivity contribution in [1.29, 1.82) is 0 Å². The molecule has 1 N–H and O–H groups in total. The molecule has 0 aromatic heterocycles. The Morgan fingerprint density at radius 2 is 1.72 bits per heavy atom. The van der Waals surface area contributed by atoms with Gasteiger partial charge < -0.3 is 14.7 Å². The van der Waals surface area contributed by atoms with Gasteiger partial charge >= 0.3 is 5.97 Å². The van der Waals surface area contributed by atoms with Crippen LogP contribution in [0.2, 0.25) is 0 Å². The molecular formula is C27H37NO4. The molecule has 1 aliphatic heterocycles. The van der Waals surface area contributed by atoms with Crippen LogP contribution in [0.25, 0.3) is 0 Å². The van der Waals surface area contributed by atoms with E-state index in [1.807, 2.05) is 36.2 Å². The summed E-state index contributed by atoms with van der Waals surface area (Å²) in [5.41, 5.74) is -0.0149. The molecule has 0 bridgehead atoms. The van der Waals surface area contributed by atoms with Gasteiger partial charge in [0, 0.05) is 19.5 Å². The predicted molar refractivity (Wildman–Crippen MR) is 122 cm³/mol. The van der Waals surface area contributed by atoms with E-state index in [9.17, 15) is 14.7 Å². The summed E-state index contributed by atoms with van der Waals surface area (Å²) in [4.78, 5) is 27.4. The van der Waals surface area contributed by atoms with Crippen LogP contribution < -0.4 is 4.74 Å². The maximum absolute atomic E-state index is 13.0. The minimum atomic E-state index is -0.841. The van der Waals surface area contributed by atoms with Crippen LogP contribution in [0.15, 0.2) is 24.3 Å². The van der Waals surface area contributed by atoms with Crippen LogP contribution in [0.1, 0.15) is 70.8 Å². The van der Waals surface area contributed by atoms with Gasteiger partial charge in [-0.2, -0.15) is 0 Å². The lowest BCUT2D eigenvalue weighted by Crippen LogP contribution is -2.62. The zero-order valence-corrected chi connectivity index (χ0v) is 19.9. The smallest absolute Gasteiger partial charge is 0.314 e. The molecule has 32 heavy (non-hydrogen) atoms. The summed E-state index contributed by atoms with van der Waals surface area (Å²) in [5.74, 6) is 1.93. The largest absolute Gasteiger partial charge is 0.497 e. The Balaban J connectivity index is 1.52. The number of carboxylic acids is 1. The number of carboxylic acid groups (broad SMARTS) is 1. The number of amides is 1. The highest BCUT2D eigenvalue weighted by Crippen LogP contribution is 2.70. The molecule has 4 fully saturated rings. The van der Waals surface area contributed by atoms with Gasteiger partial charge in [-0.25, -0.2) is 0 Å². The second-order valence-electron chi connectivity index (χ2n) is 11.4. The van der Waals surface area contributed by atoms with Gasteiger partial charge in [0.15, 0.2) is 0 Å². The fourth-order valence-electron chi connectivity index (χ4n) is 9.01. The highest BCUT2D eigenvalue weighted by molar-refractivity contribution is 5.83. The summed E-state index contributed by atoms with van der Waals surface area (Å²) in [5, 5.41) is 10.7. The summed E-state index contributed by atoms with van der Waals surface area (Å²) < 4.78 is 5.33. The first-order valence-electron chi connectivity index (χ1n) is 12.3. The van der Waals surface area contributed by atoms with Crippen LogP contribution in [0.4, 0.5) is 0 Å². The average Bonchev–Trinajstić information content (AvgIpc) is 3.11. The van der Waals surface area contributed by atoms with E-state index in [0.717, 1.165) is 49.8 Å². The number of likely N-dealkylation sites (tertiary alicyclic amines) is 1. The number of hydrogen-bond donors (Lipinski definition) is 1. The zero-order chi connectivity index (χ0) is 22.9. The van der Waals surface area contributed by atoms with Crippen molar-refractivity contribution in [3.8, 4) is 5.75 Å². The average molecular weight is 440 g/mol. The second kappa shape index (κ2) is 7.23. The van der Waals surface area contributed by atoms with Gasteiger partial charge in [-0.3, -0.25) is 9.59 Å². The number of hydrogen-bond acceptors (Lipinski definition) is 3. The Bertz CT molecular complexity index is 928. The van der Waals surface area contributed by atoms with Crippen molar-refractivity contribution in [2.24, 2.45) is 28.6 Å². The molecule has 5 heteroatoms. The fourth-order valence-corrected chi connectivity index (χ4v) is 9.01. The number of methoxy groups -OCH3 is 1. The van der Waals surface area contributed by atoms with Crippen molar-refractivity contribution >= 4 is 11.9 Å². The molecule has 5 rings (SSSR count). The molecule has 4 aliphatic rings. The van der Waals surface area contributed by atoms with Crippen LogP contribution in [0.5, 0.6) is 5.75 Å². The van der Waals surface area contributed by atoms with E-state index in [4.69, 9.17) is 4.74 Å². The molecule has 1 saturated heterocycles. The van der Waals surface area contributed by atoms with Gasteiger partial charge in [0.1, 0.15) is 5.75 Å². The number of ether oxygens (including phenoxy) is 1. The van der Waals surface area contributed by atoms with E-state index in [-0.39, 0.29) is 16.7 Å². The lowest BCUT2D eigenvalue weighted by molar-refractivity contribution is -0.165. The summed E-state index contributed by atoms with van der Waals surface area (Å²) >= 11 is 0. The Morgan fingerprint density at radius 3 is 2.38 bits per heavy atom. The highest BCUT2D eigenvalue weighted by atomic mass is 16.5. The topological polar surface area (TPSA) is 66.8 Å². The molecule has 3 saturated carbocycles. The van der Waals surface area contributed by atoms with E-state index in [1.165, 1.54) is 0 Å². The quantitative estimate of drug-likeness (QED) is 0.729. The van der Waals surface area contributed by atoms with Crippen molar-refractivity contribution in [1.82, 2.24) is 4.90 Å². The molecule has 1 amide bonds. The molecule has 0 radical (unpaired) electrons. The minimum Gasteiger partial charge on any atom is -0.497 e. The minimum absolute atomic E-state index is 0.154. The van der Waals surface area contributed by atoms with Crippen LogP contribution in [0.3, 0.4) is 0 Å². The van der Waals surface area contributed by atoms with Crippen molar-refractivity contribution < 1.29 is 19.4 Å². The number of benzene rings is 1. The lowest BCUT2D eigenvalue weighted by Gasteiger charge is -2.62. The monoisotopic (exact) mass is 439 g/mol. The fraction of sp³-hybridized carbons (Fsp3) is 0.704. The van der Waals surface area contributed by atoms with E-state index in [2.05, 4.69) is 13.8 Å². The maximum Gasteiger partial charge on any atom is 0.314 e. The number of fused-ring (bicyclic) bond motifs is 5. The molecule has 0 spiro atoms. The first kappa shape index (κ1) is 21.8. The van der Waals surface area contributed by atoms with E-state index in [1.54, 1.807) is 7.11 Å². The van der Waals surface area contributed by atoms with Gasteiger partial charge in [-0.05, 0) is 91.2 Å². The van der Waals surface area contributed by atoms with Crippen molar-refractivity contribution in [2.75, 3.05) is 14.2 Å². The third-order valence-electron chi connectivity index (χ3n) is 10.7. The van der Waals surface area contributed by atoms with Gasteiger partial charge in [0.2, 0.25) is 5.91 Å². The molecule has 5 nitrogen and oxygen atoms in total. The zero-order valence-electron chi connectivity index (χ0n) is 19.9. The SMILES string of the molecule is COc1ccc(C2(C(=O)O)CC[C@H]3[C@@H]4CCC5N(C)C(=O)CC[C@]5(C)[C@@H]4CC[C@@]32C)cc1. The number of piperidine rings is 1. The van der Waals surface area contributed by atoms with E-state index in [0.29, 0.717) is 36.6 Å². The number of rotatable bonds is 3. The summed E-state index contributed by atoms with van der Waals surface area (Å²) in [6, 6.07) is 8.10. The first-order valence-corrected chi connectivity index (χ1v) is 12.3. The van der Waals surface area contributed by atoms with Gasteiger partial charge in [0.05, 0.1) is 12.5 Å². The first-order chi connectivity index (χ1) is 15.2. The van der Waals surface area contributed by atoms with Gasteiger partial charge in [-0.1, -0.05) is 26.0 Å². The molecule has 174 valence electrons. The Labute approximate surface area is 191 Å². The molecule has 2 unspecified atom stereocenters. The van der Waals surface area contributed by atoms with Crippen LogP contribution in [-0.2, 0) is 15.0 Å². The lowest BCUT2D eigenvalue weighted by atomic mass is 9.44. The van der Waals surface area contributed by atoms with Crippen LogP contribution >= 0.6 is 0 Å².